The quantitative estimate of drug-likeness (QED) is 0.202. The number of imide groups is 1. The summed E-state index contributed by atoms with van der Waals surface area (Å²) in [6, 6.07) is -3.74. The van der Waals surface area contributed by atoms with Gasteiger partial charge in [-0.2, -0.15) is 0 Å². The molecule has 6 atom stereocenters. The molecule has 2 heterocycles. The Hall–Kier alpha value is -3.22. The van der Waals surface area contributed by atoms with E-state index < -0.39 is 53.0 Å². The summed E-state index contributed by atoms with van der Waals surface area (Å²) in [5.74, 6) is -1.87. The van der Waals surface area contributed by atoms with Gasteiger partial charge in [-0.1, -0.05) is 48.5 Å². The van der Waals surface area contributed by atoms with Crippen molar-refractivity contribution >= 4 is 35.6 Å². The number of nitrogens with zero attached hydrogens (tertiary/aromatic N) is 2. The second-order valence-electron chi connectivity index (χ2n) is 15.1. The molecule has 13 heteroatoms. The molecule has 45 heavy (non-hydrogen) atoms. The molecule has 0 spiro atoms. The number of hydrogen-bond donors (Lipinski definition) is 5. The molecule has 0 unspecified atom stereocenters. The number of carbonyl (C=O) groups excluding carboxylic acids is 6. The van der Waals surface area contributed by atoms with Crippen molar-refractivity contribution < 1.29 is 33.9 Å². The van der Waals surface area contributed by atoms with Gasteiger partial charge in [0.15, 0.2) is 0 Å². The van der Waals surface area contributed by atoms with Crippen LogP contribution in [0.4, 0.5) is 4.79 Å². The molecule has 13 nitrogen and oxygen atoms in total. The fraction of sp³-hybridized carbons (Fsp3) is 0.812. The maximum Gasteiger partial charge on any atom is 0.315 e. The monoisotopic (exact) mass is 634 g/mol. The first-order chi connectivity index (χ1) is 20.8. The maximum atomic E-state index is 13.8. The zero-order valence-electron chi connectivity index (χ0n) is 28.2. The van der Waals surface area contributed by atoms with Crippen LogP contribution in [0, 0.1) is 16.7 Å². The third-order valence-electron chi connectivity index (χ3n) is 9.08. The number of amides is 7. The van der Waals surface area contributed by atoms with E-state index >= 15 is 0 Å². The van der Waals surface area contributed by atoms with Crippen LogP contribution in [0.25, 0.3) is 0 Å². The van der Waals surface area contributed by atoms with E-state index in [1.807, 2.05) is 48.5 Å². The van der Waals surface area contributed by atoms with E-state index in [4.69, 9.17) is 0 Å². The van der Waals surface area contributed by atoms with Crippen LogP contribution < -0.4 is 21.3 Å². The van der Waals surface area contributed by atoms with Crippen LogP contribution in [0.1, 0.15) is 100 Å². The molecule has 2 saturated heterocycles. The number of piperidine rings is 1. The fourth-order valence-corrected chi connectivity index (χ4v) is 5.96. The molecule has 3 aliphatic rings. The number of likely N-dealkylation sites (tertiary alicyclic amines) is 2. The molecule has 1 aliphatic carbocycles. The van der Waals surface area contributed by atoms with E-state index in [0.717, 1.165) is 12.8 Å². The molecule has 5 N–H and O–H groups in total. The van der Waals surface area contributed by atoms with E-state index in [1.165, 1.54) is 16.7 Å². The Labute approximate surface area is 267 Å². The highest BCUT2D eigenvalue weighted by molar-refractivity contribution is 5.98. The van der Waals surface area contributed by atoms with Gasteiger partial charge in [-0.15, -0.1) is 0 Å². The Bertz CT molecular complexity index is 1130. The van der Waals surface area contributed by atoms with Crippen LogP contribution >= 0.6 is 0 Å². The summed E-state index contributed by atoms with van der Waals surface area (Å²) in [5, 5.41) is 21.8. The average molecular weight is 635 g/mol. The van der Waals surface area contributed by atoms with Crippen LogP contribution in [0.5, 0.6) is 0 Å². The van der Waals surface area contributed by atoms with Crippen molar-refractivity contribution in [2.75, 3.05) is 13.1 Å². The lowest BCUT2D eigenvalue weighted by atomic mass is 9.80. The predicted octanol–water partition coefficient (Wildman–Crippen LogP) is 1.43. The highest BCUT2D eigenvalue weighted by Crippen LogP contribution is 2.33. The number of aliphatic hydroxyl groups excluding tert-OH is 1. The number of rotatable bonds is 12. The van der Waals surface area contributed by atoms with Gasteiger partial charge in [0.1, 0.15) is 12.1 Å². The van der Waals surface area contributed by atoms with Crippen LogP contribution in [0.15, 0.2) is 0 Å². The molecule has 0 aromatic heterocycles. The largest absolute Gasteiger partial charge is 0.391 e. The zero-order chi connectivity index (χ0) is 33.9. The molecule has 2 aliphatic heterocycles. The summed E-state index contributed by atoms with van der Waals surface area (Å²) in [5.41, 5.74) is -0.990. The minimum Gasteiger partial charge on any atom is -0.391 e. The van der Waals surface area contributed by atoms with E-state index in [-0.39, 0.29) is 67.9 Å². The SMILES string of the molecule is CC[C@@H](CC(=O)NC1CC1)NC(=O)[C@@H]1[C@@H](C)CCN1C(=O)[C@@H](NC(=O)N[C@H](CN1C(=O)CC(C)(C)CC1=O)C(C)(C)C)[C@H](C)O. The second kappa shape index (κ2) is 14.5. The summed E-state index contributed by atoms with van der Waals surface area (Å²) in [7, 11) is 0. The standard InChI is InChI=1S/C32H54N6O7/c1-9-20(14-23(40)33-21-10-11-21)34-28(43)27-18(2)12-13-37(27)29(44)26(19(3)39)36-30(45)35-22(31(4,5)6)17-38-24(41)15-32(7,8)16-25(38)42/h18-22,26-27,39H,9-17H2,1-8H3,(H,33,40)(H,34,43)(H2,35,36,45)/t18-,19-,20-,22+,26-,27-/m0/s1. The minimum atomic E-state index is -1.35. The Kier molecular flexibility index (Phi) is 11.7. The highest BCUT2D eigenvalue weighted by atomic mass is 16.3. The predicted molar refractivity (Wildman–Crippen MR) is 167 cm³/mol. The van der Waals surface area contributed by atoms with Crippen molar-refractivity contribution in [1.29, 1.82) is 0 Å². The molecule has 0 aromatic rings. The summed E-state index contributed by atoms with van der Waals surface area (Å²) in [4.78, 5) is 81.0. The Balaban J connectivity index is 1.67. The first kappa shape index (κ1) is 36.3. The van der Waals surface area contributed by atoms with Gasteiger partial charge < -0.3 is 31.3 Å². The second-order valence-corrected chi connectivity index (χ2v) is 15.1. The lowest BCUT2D eigenvalue weighted by molar-refractivity contribution is -0.153. The number of carbonyl (C=O) groups is 6. The van der Waals surface area contributed by atoms with E-state index in [0.29, 0.717) is 12.8 Å². The lowest BCUT2D eigenvalue weighted by Gasteiger charge is -2.40. The lowest BCUT2D eigenvalue weighted by Crippen LogP contribution is -2.62. The van der Waals surface area contributed by atoms with Gasteiger partial charge >= 0.3 is 6.03 Å². The third-order valence-corrected chi connectivity index (χ3v) is 9.08. The summed E-state index contributed by atoms with van der Waals surface area (Å²) < 4.78 is 0. The van der Waals surface area contributed by atoms with Crippen molar-refractivity contribution in [3.63, 3.8) is 0 Å². The maximum absolute atomic E-state index is 13.8. The molecule has 1 saturated carbocycles. The fourth-order valence-electron chi connectivity index (χ4n) is 5.96. The Morgan fingerprint density at radius 2 is 1.60 bits per heavy atom. The Morgan fingerprint density at radius 3 is 2.11 bits per heavy atom. The van der Waals surface area contributed by atoms with Gasteiger partial charge in [0.2, 0.25) is 29.5 Å². The zero-order valence-corrected chi connectivity index (χ0v) is 28.2. The first-order valence-corrected chi connectivity index (χ1v) is 16.3. The van der Waals surface area contributed by atoms with E-state index in [1.54, 1.807) is 0 Å². The molecular formula is C32H54N6O7. The molecule has 3 rings (SSSR count). The smallest absolute Gasteiger partial charge is 0.315 e. The van der Waals surface area contributed by atoms with Crippen molar-refractivity contribution in [3.8, 4) is 0 Å². The average Bonchev–Trinajstić information content (AvgIpc) is 3.63. The van der Waals surface area contributed by atoms with Crippen LogP contribution in [0.2, 0.25) is 0 Å². The molecule has 0 radical (unpaired) electrons. The molecule has 0 bridgehead atoms. The molecule has 7 amide bonds. The molecule has 3 fully saturated rings. The van der Waals surface area contributed by atoms with Crippen LogP contribution in [0.3, 0.4) is 0 Å². The van der Waals surface area contributed by atoms with Crippen LogP contribution in [-0.2, 0) is 24.0 Å². The highest BCUT2D eigenvalue weighted by Gasteiger charge is 2.44. The number of hydrogen-bond acceptors (Lipinski definition) is 7. The van der Waals surface area contributed by atoms with Crippen molar-refractivity contribution in [1.82, 2.24) is 31.1 Å². The normalized spacial score (nSPS) is 24.4. The Morgan fingerprint density at radius 1 is 1.00 bits per heavy atom. The molecule has 254 valence electrons. The molecular weight excluding hydrogens is 580 g/mol. The van der Waals surface area contributed by atoms with Crippen molar-refractivity contribution in [2.24, 2.45) is 16.7 Å². The van der Waals surface area contributed by atoms with Gasteiger partial charge in [0.25, 0.3) is 0 Å². The van der Waals surface area contributed by atoms with Crippen LogP contribution in [-0.4, -0.2) is 99.9 Å². The van der Waals surface area contributed by atoms with Gasteiger partial charge in [0, 0.05) is 44.4 Å². The van der Waals surface area contributed by atoms with Gasteiger partial charge in [0.05, 0.1) is 12.1 Å². The number of nitrogens with one attached hydrogen (secondary N) is 4. The third kappa shape index (κ3) is 9.88. The molecule has 0 aromatic carbocycles. The summed E-state index contributed by atoms with van der Waals surface area (Å²) in [6.45, 7) is 14.7. The number of urea groups is 1. The minimum absolute atomic E-state index is 0.0267. The van der Waals surface area contributed by atoms with Gasteiger partial charge in [-0.25, -0.2) is 4.79 Å². The van der Waals surface area contributed by atoms with E-state index in [9.17, 15) is 33.9 Å². The summed E-state index contributed by atoms with van der Waals surface area (Å²) >= 11 is 0. The van der Waals surface area contributed by atoms with Crippen molar-refractivity contribution in [3.05, 3.63) is 0 Å². The number of aliphatic hydroxyl groups is 1. The summed E-state index contributed by atoms with van der Waals surface area (Å²) in [6.07, 6.45) is 2.34. The van der Waals surface area contributed by atoms with Gasteiger partial charge in [-0.3, -0.25) is 28.9 Å². The van der Waals surface area contributed by atoms with Gasteiger partial charge in [-0.05, 0) is 49.4 Å². The van der Waals surface area contributed by atoms with Crippen molar-refractivity contribution in [2.45, 2.75) is 137 Å². The van der Waals surface area contributed by atoms with E-state index in [2.05, 4.69) is 21.3 Å². The topological polar surface area (TPSA) is 177 Å². The first-order valence-electron chi connectivity index (χ1n) is 16.3.